The predicted molar refractivity (Wildman–Crippen MR) is 122 cm³/mol. The molecule has 0 spiro atoms. The third-order valence-corrected chi connectivity index (χ3v) is 7.51. The molecule has 0 saturated heterocycles. The fourth-order valence-electron chi connectivity index (χ4n) is 5.28. The van der Waals surface area contributed by atoms with Crippen molar-refractivity contribution >= 4 is 11.6 Å². The molecular formula is C28H34O2. The minimum atomic E-state index is -0.540. The number of Topliss-reactive ketones (excluding diaryl/α,β-unsaturated/α-hetero) is 2. The average molecular weight is 403 g/mol. The normalized spacial score (nSPS) is 20.8. The molecular weight excluding hydrogens is 368 g/mol. The Hall–Kier alpha value is -2.22. The summed E-state index contributed by atoms with van der Waals surface area (Å²) in [6.45, 7) is 11.7. The van der Waals surface area contributed by atoms with Crippen LogP contribution < -0.4 is 0 Å². The van der Waals surface area contributed by atoms with Gasteiger partial charge in [-0.05, 0) is 76.8 Å². The zero-order valence-corrected chi connectivity index (χ0v) is 19.1. The Morgan fingerprint density at radius 2 is 1.37 bits per heavy atom. The molecule has 0 heterocycles. The van der Waals surface area contributed by atoms with Gasteiger partial charge >= 0.3 is 0 Å². The molecule has 30 heavy (non-hydrogen) atoms. The number of fused-ring (bicyclic) bond motifs is 1. The zero-order valence-electron chi connectivity index (χ0n) is 19.1. The summed E-state index contributed by atoms with van der Waals surface area (Å²) in [6.07, 6.45) is 5.08. The number of carbonyl (C=O) groups is 2. The van der Waals surface area contributed by atoms with Crippen LogP contribution in [-0.2, 0) is 26.8 Å². The monoisotopic (exact) mass is 402 g/mol. The average Bonchev–Trinajstić information content (AvgIpc) is 2.68. The van der Waals surface area contributed by atoms with Crippen LogP contribution in [0.15, 0.2) is 36.4 Å². The molecule has 0 aliphatic heterocycles. The molecule has 4 rings (SSSR count). The minimum absolute atomic E-state index is 0.0781. The lowest BCUT2D eigenvalue weighted by atomic mass is 9.62. The van der Waals surface area contributed by atoms with Gasteiger partial charge in [0, 0.05) is 12.8 Å². The second kappa shape index (κ2) is 7.48. The molecule has 0 aromatic heterocycles. The molecule has 1 saturated carbocycles. The van der Waals surface area contributed by atoms with Crippen molar-refractivity contribution in [3.05, 3.63) is 69.8 Å². The van der Waals surface area contributed by atoms with Gasteiger partial charge in [-0.1, -0.05) is 64.1 Å². The Kier molecular flexibility index (Phi) is 5.24. The Labute approximate surface area is 181 Å². The summed E-state index contributed by atoms with van der Waals surface area (Å²) in [5.41, 5.74) is 8.24. The Morgan fingerprint density at radius 3 is 1.93 bits per heavy atom. The van der Waals surface area contributed by atoms with Gasteiger partial charge in [-0.15, -0.1) is 0 Å². The highest BCUT2D eigenvalue weighted by molar-refractivity contribution is 6.09. The molecule has 0 atom stereocenters. The molecule has 1 fully saturated rings. The number of benzene rings is 2. The standard InChI is InChI=1S/C28H34O2/c1-18-15-22-23(28(4,5)14-13-27(22,2)3)17-21(18)16-19-9-11-20(12-10-19)26-24(29)7-6-8-25(26)30/h9-12,15,17,26H,6-8,13-14,16H2,1-5H3. The first-order chi connectivity index (χ1) is 14.1. The van der Waals surface area contributed by atoms with E-state index < -0.39 is 5.92 Å². The Balaban J connectivity index is 1.62. The van der Waals surface area contributed by atoms with Crippen molar-refractivity contribution in [2.75, 3.05) is 0 Å². The van der Waals surface area contributed by atoms with E-state index in [1.807, 2.05) is 12.1 Å². The van der Waals surface area contributed by atoms with E-state index in [0.29, 0.717) is 19.3 Å². The lowest BCUT2D eigenvalue weighted by Gasteiger charge is -2.42. The van der Waals surface area contributed by atoms with E-state index in [9.17, 15) is 9.59 Å². The van der Waals surface area contributed by atoms with Crippen molar-refractivity contribution in [1.29, 1.82) is 0 Å². The van der Waals surface area contributed by atoms with E-state index >= 15 is 0 Å². The van der Waals surface area contributed by atoms with Gasteiger partial charge < -0.3 is 0 Å². The molecule has 2 aliphatic rings. The lowest BCUT2D eigenvalue weighted by Crippen LogP contribution is -2.34. The zero-order chi connectivity index (χ0) is 21.7. The summed E-state index contributed by atoms with van der Waals surface area (Å²) in [5, 5.41) is 0. The van der Waals surface area contributed by atoms with Gasteiger partial charge in [0.05, 0.1) is 0 Å². The maximum atomic E-state index is 12.3. The molecule has 2 aliphatic carbocycles. The van der Waals surface area contributed by atoms with Crippen LogP contribution in [0, 0.1) is 6.92 Å². The molecule has 0 bridgehead atoms. The third-order valence-electron chi connectivity index (χ3n) is 7.51. The van der Waals surface area contributed by atoms with Crippen molar-refractivity contribution in [3.63, 3.8) is 0 Å². The summed E-state index contributed by atoms with van der Waals surface area (Å²) in [5.74, 6) is -0.384. The highest BCUT2D eigenvalue weighted by Gasteiger charge is 2.37. The second-order valence-corrected chi connectivity index (χ2v) is 10.7. The SMILES string of the molecule is Cc1cc2c(cc1Cc1ccc(C3C(=O)CCCC3=O)cc1)C(C)(C)CCC2(C)C. The van der Waals surface area contributed by atoms with Crippen molar-refractivity contribution in [3.8, 4) is 0 Å². The van der Waals surface area contributed by atoms with Crippen LogP contribution >= 0.6 is 0 Å². The first-order valence-corrected chi connectivity index (χ1v) is 11.4. The number of hydrogen-bond donors (Lipinski definition) is 0. The Bertz CT molecular complexity index is 976. The molecule has 2 nitrogen and oxygen atoms in total. The van der Waals surface area contributed by atoms with Crippen LogP contribution in [0.5, 0.6) is 0 Å². The van der Waals surface area contributed by atoms with Crippen LogP contribution in [0.4, 0.5) is 0 Å². The molecule has 158 valence electrons. The summed E-state index contributed by atoms with van der Waals surface area (Å²) in [4.78, 5) is 24.5. The fraction of sp³-hybridized carbons (Fsp3) is 0.500. The molecule has 2 heteroatoms. The van der Waals surface area contributed by atoms with Gasteiger partial charge in [0.15, 0.2) is 0 Å². The van der Waals surface area contributed by atoms with Crippen LogP contribution in [0.25, 0.3) is 0 Å². The number of ketones is 2. The lowest BCUT2D eigenvalue weighted by molar-refractivity contribution is -0.131. The molecule has 0 radical (unpaired) electrons. The van der Waals surface area contributed by atoms with Crippen molar-refractivity contribution < 1.29 is 9.59 Å². The first-order valence-electron chi connectivity index (χ1n) is 11.4. The smallest absolute Gasteiger partial charge is 0.147 e. The predicted octanol–water partition coefficient (Wildman–Crippen LogP) is 6.34. The third kappa shape index (κ3) is 3.77. The topological polar surface area (TPSA) is 34.1 Å². The quantitative estimate of drug-likeness (QED) is 0.561. The highest BCUT2D eigenvalue weighted by atomic mass is 16.2. The van der Waals surface area contributed by atoms with Gasteiger partial charge in [0.1, 0.15) is 17.5 Å². The van der Waals surface area contributed by atoms with E-state index in [2.05, 4.69) is 58.9 Å². The van der Waals surface area contributed by atoms with Gasteiger partial charge in [-0.25, -0.2) is 0 Å². The molecule has 2 aromatic carbocycles. The number of carbonyl (C=O) groups excluding carboxylic acids is 2. The second-order valence-electron chi connectivity index (χ2n) is 10.7. The van der Waals surface area contributed by atoms with Crippen LogP contribution in [0.3, 0.4) is 0 Å². The summed E-state index contributed by atoms with van der Waals surface area (Å²) in [6, 6.07) is 13.0. The van der Waals surface area contributed by atoms with E-state index in [-0.39, 0.29) is 22.4 Å². The minimum Gasteiger partial charge on any atom is -0.299 e. The molecule has 0 N–H and O–H groups in total. The molecule has 2 aromatic rings. The van der Waals surface area contributed by atoms with E-state index in [4.69, 9.17) is 0 Å². The molecule has 0 unspecified atom stereocenters. The van der Waals surface area contributed by atoms with E-state index in [0.717, 1.165) is 12.0 Å². The van der Waals surface area contributed by atoms with Gasteiger partial charge in [-0.2, -0.15) is 0 Å². The number of rotatable bonds is 3. The van der Waals surface area contributed by atoms with Crippen LogP contribution in [-0.4, -0.2) is 11.6 Å². The Morgan fingerprint density at radius 1 is 0.833 bits per heavy atom. The van der Waals surface area contributed by atoms with E-state index in [1.165, 1.54) is 40.7 Å². The van der Waals surface area contributed by atoms with Gasteiger partial charge in [0.25, 0.3) is 0 Å². The maximum Gasteiger partial charge on any atom is 0.147 e. The van der Waals surface area contributed by atoms with E-state index in [1.54, 1.807) is 0 Å². The largest absolute Gasteiger partial charge is 0.299 e. The van der Waals surface area contributed by atoms with Gasteiger partial charge in [-0.3, -0.25) is 9.59 Å². The van der Waals surface area contributed by atoms with Crippen molar-refractivity contribution in [2.45, 2.75) is 89.9 Å². The van der Waals surface area contributed by atoms with Gasteiger partial charge in [0.2, 0.25) is 0 Å². The summed E-state index contributed by atoms with van der Waals surface area (Å²) >= 11 is 0. The van der Waals surface area contributed by atoms with Crippen LogP contribution in [0.1, 0.15) is 99.1 Å². The summed E-state index contributed by atoms with van der Waals surface area (Å²) in [7, 11) is 0. The first kappa shape index (κ1) is 21.0. The number of hydrogen-bond acceptors (Lipinski definition) is 2. The van der Waals surface area contributed by atoms with Crippen molar-refractivity contribution in [1.82, 2.24) is 0 Å². The maximum absolute atomic E-state index is 12.3. The molecule has 0 amide bonds. The summed E-state index contributed by atoms with van der Waals surface area (Å²) < 4.78 is 0. The number of aryl methyl sites for hydroxylation is 1. The van der Waals surface area contributed by atoms with Crippen molar-refractivity contribution in [2.24, 2.45) is 0 Å². The highest BCUT2D eigenvalue weighted by Crippen LogP contribution is 2.46. The van der Waals surface area contributed by atoms with Crippen LogP contribution in [0.2, 0.25) is 0 Å². The fourth-order valence-corrected chi connectivity index (χ4v) is 5.28.